The van der Waals surface area contributed by atoms with Gasteiger partial charge in [-0.25, -0.2) is 0 Å². The summed E-state index contributed by atoms with van der Waals surface area (Å²) >= 11 is 0. The molecule has 4 heteroatoms. The molecule has 0 aromatic rings. The summed E-state index contributed by atoms with van der Waals surface area (Å²) in [6.45, 7) is 8.32. The van der Waals surface area contributed by atoms with Gasteiger partial charge in [0.25, 0.3) is 0 Å². The first-order valence-corrected chi connectivity index (χ1v) is 8.03. The molecule has 1 aliphatic carbocycles. The molecule has 4 unspecified atom stereocenters. The molecule has 1 heterocycles. The summed E-state index contributed by atoms with van der Waals surface area (Å²) in [6.07, 6.45) is 3.89. The topological polar surface area (TPSA) is 66.6 Å². The molecule has 2 aliphatic rings. The lowest BCUT2D eigenvalue weighted by Gasteiger charge is -2.48. The summed E-state index contributed by atoms with van der Waals surface area (Å²) in [7, 11) is 0. The number of carbonyl (C=O) groups is 1. The smallest absolute Gasteiger partial charge is 0.226 e. The fraction of sp³-hybridized carbons (Fsp3) is 0.938. The highest BCUT2D eigenvalue weighted by Crippen LogP contribution is 2.45. The fourth-order valence-electron chi connectivity index (χ4n) is 3.93. The summed E-state index contributed by atoms with van der Waals surface area (Å²) < 4.78 is 0. The van der Waals surface area contributed by atoms with Gasteiger partial charge in [-0.05, 0) is 42.9 Å². The number of hydrogen-bond donors (Lipinski definition) is 2. The van der Waals surface area contributed by atoms with Crippen molar-refractivity contribution < 1.29 is 9.90 Å². The molecule has 2 fully saturated rings. The monoisotopic (exact) mass is 282 g/mol. The first-order chi connectivity index (χ1) is 9.37. The average molecular weight is 282 g/mol. The molecule has 1 aliphatic heterocycles. The van der Waals surface area contributed by atoms with E-state index in [0.29, 0.717) is 5.92 Å². The number of nitrogens with zero attached hydrogens (tertiary/aromatic N) is 1. The lowest BCUT2D eigenvalue weighted by molar-refractivity contribution is -0.145. The van der Waals surface area contributed by atoms with Crippen molar-refractivity contribution in [1.82, 2.24) is 4.90 Å². The van der Waals surface area contributed by atoms with Crippen LogP contribution >= 0.6 is 0 Å². The van der Waals surface area contributed by atoms with Gasteiger partial charge in [-0.1, -0.05) is 20.8 Å². The van der Waals surface area contributed by atoms with Crippen molar-refractivity contribution in [3.05, 3.63) is 0 Å². The van der Waals surface area contributed by atoms with Gasteiger partial charge in [0.1, 0.15) is 0 Å². The number of hydrogen-bond acceptors (Lipinski definition) is 3. The Balaban J connectivity index is 2.08. The molecule has 4 nitrogen and oxygen atoms in total. The number of rotatable bonds is 2. The Morgan fingerprint density at radius 2 is 2.05 bits per heavy atom. The third-order valence-corrected chi connectivity index (χ3v) is 5.89. The van der Waals surface area contributed by atoms with E-state index in [2.05, 4.69) is 20.8 Å². The summed E-state index contributed by atoms with van der Waals surface area (Å²) in [6, 6.07) is 0.209. The highest BCUT2D eigenvalue weighted by Gasteiger charge is 2.46. The Morgan fingerprint density at radius 1 is 1.35 bits per heavy atom. The fourth-order valence-corrected chi connectivity index (χ4v) is 3.93. The van der Waals surface area contributed by atoms with E-state index in [1.165, 1.54) is 0 Å². The number of carbonyl (C=O) groups excluding carboxylic acids is 1. The maximum atomic E-state index is 12.9. The Hall–Kier alpha value is -0.610. The average Bonchev–Trinajstić information content (AvgIpc) is 2.44. The summed E-state index contributed by atoms with van der Waals surface area (Å²) in [5, 5.41) is 9.33. The van der Waals surface area contributed by atoms with Gasteiger partial charge in [-0.2, -0.15) is 0 Å². The second-order valence-electron chi connectivity index (χ2n) is 7.38. The number of likely N-dealkylation sites (tertiary alicyclic amines) is 1. The van der Waals surface area contributed by atoms with Crippen LogP contribution in [0, 0.1) is 23.2 Å². The highest BCUT2D eigenvalue weighted by molar-refractivity contribution is 5.80. The first-order valence-electron chi connectivity index (χ1n) is 8.03. The van der Waals surface area contributed by atoms with Gasteiger partial charge < -0.3 is 15.7 Å². The molecule has 3 N–H and O–H groups in total. The Kier molecular flexibility index (Phi) is 4.75. The molecular formula is C16H30N2O2. The minimum atomic E-state index is -0.0408. The van der Waals surface area contributed by atoms with Crippen molar-refractivity contribution in [2.45, 2.75) is 52.5 Å². The third-order valence-electron chi connectivity index (χ3n) is 5.89. The number of nitrogens with two attached hydrogens (primary N) is 1. The van der Waals surface area contributed by atoms with Gasteiger partial charge in [0.15, 0.2) is 0 Å². The molecule has 0 aromatic heterocycles. The van der Waals surface area contributed by atoms with Gasteiger partial charge in [-0.3, -0.25) is 4.79 Å². The Morgan fingerprint density at radius 3 is 2.70 bits per heavy atom. The molecule has 4 atom stereocenters. The zero-order chi connectivity index (χ0) is 14.9. The SMILES string of the molecule is CC1C(N)CCC(C(=O)N2CCCC(CO)C2)C1(C)C. The van der Waals surface area contributed by atoms with E-state index in [1.807, 2.05) is 4.90 Å². The Labute approximate surface area is 122 Å². The van der Waals surface area contributed by atoms with Crippen LogP contribution in [0.1, 0.15) is 46.5 Å². The molecular weight excluding hydrogens is 252 g/mol. The van der Waals surface area contributed by atoms with E-state index in [-0.39, 0.29) is 35.8 Å². The standard InChI is InChI=1S/C16H30N2O2/c1-11-14(17)7-6-13(16(11,2)3)15(20)18-8-4-5-12(9-18)10-19/h11-14,19H,4-10,17H2,1-3H3. The van der Waals surface area contributed by atoms with E-state index >= 15 is 0 Å². The second-order valence-corrected chi connectivity index (χ2v) is 7.38. The zero-order valence-electron chi connectivity index (χ0n) is 13.1. The number of aliphatic hydroxyl groups is 1. The lowest BCUT2D eigenvalue weighted by atomic mass is 9.60. The van der Waals surface area contributed by atoms with E-state index in [4.69, 9.17) is 5.73 Å². The van der Waals surface area contributed by atoms with Crippen molar-refractivity contribution in [2.24, 2.45) is 28.9 Å². The number of piperidine rings is 1. The summed E-state index contributed by atoms with van der Waals surface area (Å²) in [5.74, 6) is 0.990. The molecule has 1 saturated carbocycles. The maximum absolute atomic E-state index is 12.9. The second kappa shape index (κ2) is 6.02. The molecule has 20 heavy (non-hydrogen) atoms. The molecule has 0 aromatic carbocycles. The molecule has 1 saturated heterocycles. The first kappa shape index (κ1) is 15.8. The maximum Gasteiger partial charge on any atom is 0.226 e. The van der Waals surface area contributed by atoms with E-state index < -0.39 is 0 Å². The van der Waals surface area contributed by atoms with Gasteiger partial charge in [-0.15, -0.1) is 0 Å². The van der Waals surface area contributed by atoms with Crippen LogP contribution in [-0.2, 0) is 4.79 Å². The summed E-state index contributed by atoms with van der Waals surface area (Å²) in [4.78, 5) is 14.9. The van der Waals surface area contributed by atoms with Crippen LogP contribution in [0.25, 0.3) is 0 Å². The predicted octanol–water partition coefficient (Wildman–Crippen LogP) is 1.62. The summed E-state index contributed by atoms with van der Waals surface area (Å²) in [5.41, 5.74) is 6.14. The quantitative estimate of drug-likeness (QED) is 0.809. The van der Waals surface area contributed by atoms with Crippen LogP contribution in [0.5, 0.6) is 0 Å². The number of aliphatic hydroxyl groups excluding tert-OH is 1. The van der Waals surface area contributed by atoms with E-state index in [0.717, 1.165) is 38.8 Å². The van der Waals surface area contributed by atoms with Crippen LogP contribution in [0.4, 0.5) is 0 Å². The minimum absolute atomic E-state index is 0.0408. The van der Waals surface area contributed by atoms with Gasteiger partial charge in [0.05, 0.1) is 0 Å². The molecule has 116 valence electrons. The van der Waals surface area contributed by atoms with Crippen LogP contribution in [-0.4, -0.2) is 41.7 Å². The van der Waals surface area contributed by atoms with Gasteiger partial charge in [0, 0.05) is 31.7 Å². The molecule has 0 spiro atoms. The predicted molar refractivity (Wildman–Crippen MR) is 80.0 cm³/mol. The highest BCUT2D eigenvalue weighted by atomic mass is 16.3. The van der Waals surface area contributed by atoms with Gasteiger partial charge >= 0.3 is 0 Å². The zero-order valence-corrected chi connectivity index (χ0v) is 13.1. The van der Waals surface area contributed by atoms with Crippen molar-refractivity contribution in [3.8, 4) is 0 Å². The molecule has 0 bridgehead atoms. The van der Waals surface area contributed by atoms with Crippen molar-refractivity contribution in [2.75, 3.05) is 19.7 Å². The molecule has 1 amide bonds. The van der Waals surface area contributed by atoms with E-state index in [1.54, 1.807) is 0 Å². The normalized spacial score (nSPS) is 37.8. The molecule has 0 radical (unpaired) electrons. The third kappa shape index (κ3) is 2.86. The Bertz CT molecular complexity index is 356. The largest absolute Gasteiger partial charge is 0.396 e. The number of amides is 1. The van der Waals surface area contributed by atoms with Gasteiger partial charge in [0.2, 0.25) is 5.91 Å². The molecule has 2 rings (SSSR count). The van der Waals surface area contributed by atoms with Crippen LogP contribution < -0.4 is 5.73 Å². The van der Waals surface area contributed by atoms with Crippen molar-refractivity contribution in [1.29, 1.82) is 0 Å². The van der Waals surface area contributed by atoms with Crippen molar-refractivity contribution in [3.63, 3.8) is 0 Å². The van der Waals surface area contributed by atoms with Crippen LogP contribution in [0.2, 0.25) is 0 Å². The lowest BCUT2D eigenvalue weighted by Crippen LogP contribution is -2.54. The van der Waals surface area contributed by atoms with Crippen LogP contribution in [0.3, 0.4) is 0 Å². The van der Waals surface area contributed by atoms with Crippen molar-refractivity contribution >= 4 is 5.91 Å². The van der Waals surface area contributed by atoms with Crippen LogP contribution in [0.15, 0.2) is 0 Å². The minimum Gasteiger partial charge on any atom is -0.396 e. The van der Waals surface area contributed by atoms with E-state index in [9.17, 15) is 9.90 Å².